The summed E-state index contributed by atoms with van der Waals surface area (Å²) in [7, 11) is 0. The van der Waals surface area contributed by atoms with Crippen LogP contribution < -0.4 is 5.32 Å². The summed E-state index contributed by atoms with van der Waals surface area (Å²) in [5.74, 6) is -0.826. The van der Waals surface area contributed by atoms with Gasteiger partial charge in [-0.15, -0.1) is 0 Å². The zero-order valence-corrected chi connectivity index (χ0v) is 10.1. The SMILES string of the molecule is O=C(O)c1ccnc(NCc2ccccc2Cl)n1. The van der Waals surface area contributed by atoms with E-state index in [0.717, 1.165) is 5.56 Å². The van der Waals surface area contributed by atoms with Crippen LogP contribution in [0.3, 0.4) is 0 Å². The summed E-state index contributed by atoms with van der Waals surface area (Å²) in [5.41, 5.74) is 0.843. The highest BCUT2D eigenvalue weighted by Gasteiger charge is 2.06. The smallest absolute Gasteiger partial charge is 0.354 e. The van der Waals surface area contributed by atoms with E-state index in [2.05, 4.69) is 15.3 Å². The number of hydrogen-bond acceptors (Lipinski definition) is 4. The fourth-order valence-electron chi connectivity index (χ4n) is 1.38. The number of carbonyl (C=O) groups is 1. The molecule has 0 amide bonds. The van der Waals surface area contributed by atoms with Gasteiger partial charge in [-0.05, 0) is 17.7 Å². The molecule has 2 N–H and O–H groups in total. The molecule has 1 aromatic heterocycles. The van der Waals surface area contributed by atoms with E-state index in [4.69, 9.17) is 16.7 Å². The molecule has 1 heterocycles. The number of anilines is 1. The Kier molecular flexibility index (Phi) is 3.74. The summed E-state index contributed by atoms with van der Waals surface area (Å²) in [4.78, 5) is 18.5. The molecule has 0 saturated heterocycles. The predicted molar refractivity (Wildman–Crippen MR) is 67.8 cm³/mol. The van der Waals surface area contributed by atoms with Crippen LogP contribution in [0.1, 0.15) is 16.1 Å². The summed E-state index contributed by atoms with van der Waals surface area (Å²) >= 11 is 6.00. The van der Waals surface area contributed by atoms with E-state index in [1.54, 1.807) is 6.07 Å². The maximum atomic E-state index is 10.7. The Bertz CT molecular complexity index is 575. The van der Waals surface area contributed by atoms with Crippen molar-refractivity contribution in [2.24, 2.45) is 0 Å². The lowest BCUT2D eigenvalue weighted by molar-refractivity contribution is 0.0690. The summed E-state index contributed by atoms with van der Waals surface area (Å²) < 4.78 is 0. The molecule has 2 aromatic rings. The lowest BCUT2D eigenvalue weighted by Gasteiger charge is -2.06. The van der Waals surface area contributed by atoms with Crippen LogP contribution in [0.25, 0.3) is 0 Å². The maximum absolute atomic E-state index is 10.7. The summed E-state index contributed by atoms with van der Waals surface area (Å²) in [6.45, 7) is 0.433. The molecular formula is C12H10ClN3O2. The second kappa shape index (κ2) is 5.46. The number of carboxylic acids is 1. The van der Waals surface area contributed by atoms with Crippen molar-refractivity contribution in [3.63, 3.8) is 0 Å². The van der Waals surface area contributed by atoms with Gasteiger partial charge in [0.25, 0.3) is 0 Å². The first-order valence-electron chi connectivity index (χ1n) is 5.20. The van der Waals surface area contributed by atoms with Gasteiger partial charge in [-0.25, -0.2) is 14.8 Å². The Morgan fingerprint density at radius 1 is 1.33 bits per heavy atom. The van der Waals surface area contributed by atoms with Crippen molar-refractivity contribution in [2.75, 3.05) is 5.32 Å². The molecule has 92 valence electrons. The lowest BCUT2D eigenvalue weighted by atomic mass is 10.2. The predicted octanol–water partition coefficient (Wildman–Crippen LogP) is 2.44. The van der Waals surface area contributed by atoms with E-state index in [1.165, 1.54) is 12.3 Å². The Labute approximate surface area is 108 Å². The number of rotatable bonds is 4. The molecule has 1 aromatic carbocycles. The minimum Gasteiger partial charge on any atom is -0.477 e. The first-order chi connectivity index (χ1) is 8.66. The van der Waals surface area contributed by atoms with Crippen molar-refractivity contribution in [1.29, 1.82) is 0 Å². The number of halogens is 1. The van der Waals surface area contributed by atoms with E-state index < -0.39 is 5.97 Å². The van der Waals surface area contributed by atoms with Crippen LogP contribution in [0.2, 0.25) is 5.02 Å². The van der Waals surface area contributed by atoms with Crippen molar-refractivity contribution in [3.8, 4) is 0 Å². The van der Waals surface area contributed by atoms with E-state index >= 15 is 0 Å². The standard InChI is InChI=1S/C12H10ClN3O2/c13-9-4-2-1-3-8(9)7-15-12-14-6-5-10(16-12)11(17)18/h1-6H,7H2,(H,17,18)(H,14,15,16). The van der Waals surface area contributed by atoms with Crippen molar-refractivity contribution < 1.29 is 9.90 Å². The van der Waals surface area contributed by atoms with Gasteiger partial charge in [0, 0.05) is 17.8 Å². The number of carboxylic acid groups (broad SMARTS) is 1. The van der Waals surface area contributed by atoms with Gasteiger partial charge in [0.15, 0.2) is 5.69 Å². The van der Waals surface area contributed by atoms with E-state index in [-0.39, 0.29) is 11.6 Å². The molecule has 0 aliphatic heterocycles. The Morgan fingerprint density at radius 2 is 2.11 bits per heavy atom. The van der Waals surface area contributed by atoms with Crippen LogP contribution >= 0.6 is 11.6 Å². The summed E-state index contributed by atoms with van der Waals surface area (Å²) in [6.07, 6.45) is 1.39. The van der Waals surface area contributed by atoms with E-state index in [0.29, 0.717) is 11.6 Å². The summed E-state index contributed by atoms with van der Waals surface area (Å²) in [6, 6.07) is 8.71. The Balaban J connectivity index is 2.09. The average Bonchev–Trinajstić information content (AvgIpc) is 2.38. The second-order valence-electron chi connectivity index (χ2n) is 3.52. The third kappa shape index (κ3) is 2.95. The number of nitrogens with one attached hydrogen (secondary N) is 1. The number of aromatic carboxylic acids is 1. The van der Waals surface area contributed by atoms with Gasteiger partial charge < -0.3 is 10.4 Å². The van der Waals surface area contributed by atoms with Crippen molar-refractivity contribution in [1.82, 2.24) is 9.97 Å². The fourth-order valence-corrected chi connectivity index (χ4v) is 1.58. The fraction of sp³-hybridized carbons (Fsp3) is 0.0833. The molecule has 0 unspecified atom stereocenters. The highest BCUT2D eigenvalue weighted by molar-refractivity contribution is 6.31. The first kappa shape index (κ1) is 12.3. The molecule has 0 aliphatic rings. The molecule has 6 heteroatoms. The average molecular weight is 264 g/mol. The molecule has 18 heavy (non-hydrogen) atoms. The van der Waals surface area contributed by atoms with Gasteiger partial charge in [-0.2, -0.15) is 0 Å². The number of hydrogen-bond donors (Lipinski definition) is 2. The molecule has 0 bridgehead atoms. The molecule has 0 aliphatic carbocycles. The molecular weight excluding hydrogens is 254 g/mol. The van der Waals surface area contributed by atoms with Crippen LogP contribution in [-0.2, 0) is 6.54 Å². The maximum Gasteiger partial charge on any atom is 0.354 e. The molecule has 0 atom stereocenters. The molecule has 2 rings (SSSR count). The third-order valence-corrected chi connectivity index (χ3v) is 2.64. The second-order valence-corrected chi connectivity index (χ2v) is 3.92. The molecule has 0 spiro atoms. The number of aromatic nitrogens is 2. The van der Waals surface area contributed by atoms with Crippen LogP contribution in [-0.4, -0.2) is 21.0 Å². The van der Waals surface area contributed by atoms with E-state index in [9.17, 15) is 4.79 Å². The van der Waals surface area contributed by atoms with Gasteiger partial charge in [0.05, 0.1) is 0 Å². The summed E-state index contributed by atoms with van der Waals surface area (Å²) in [5, 5.41) is 12.4. The largest absolute Gasteiger partial charge is 0.477 e. The highest BCUT2D eigenvalue weighted by Crippen LogP contribution is 2.15. The zero-order chi connectivity index (χ0) is 13.0. The van der Waals surface area contributed by atoms with Crippen molar-refractivity contribution in [2.45, 2.75) is 6.54 Å². The zero-order valence-electron chi connectivity index (χ0n) is 9.30. The minimum atomic E-state index is -1.09. The van der Waals surface area contributed by atoms with Crippen molar-refractivity contribution >= 4 is 23.5 Å². The molecule has 5 nitrogen and oxygen atoms in total. The normalized spacial score (nSPS) is 10.1. The van der Waals surface area contributed by atoms with Crippen molar-refractivity contribution in [3.05, 3.63) is 52.8 Å². The monoisotopic (exact) mass is 263 g/mol. The quantitative estimate of drug-likeness (QED) is 0.886. The number of nitrogens with zero attached hydrogens (tertiary/aromatic N) is 2. The van der Waals surface area contributed by atoms with Crippen LogP contribution in [0.15, 0.2) is 36.5 Å². The molecule has 0 fully saturated rings. The minimum absolute atomic E-state index is 0.0494. The van der Waals surface area contributed by atoms with Gasteiger partial charge in [0.2, 0.25) is 5.95 Å². The van der Waals surface area contributed by atoms with Crippen LogP contribution in [0.5, 0.6) is 0 Å². The highest BCUT2D eigenvalue weighted by atomic mass is 35.5. The Hall–Kier alpha value is -2.14. The van der Waals surface area contributed by atoms with Gasteiger partial charge in [-0.3, -0.25) is 0 Å². The van der Waals surface area contributed by atoms with Gasteiger partial charge in [-0.1, -0.05) is 29.8 Å². The topological polar surface area (TPSA) is 75.1 Å². The van der Waals surface area contributed by atoms with Gasteiger partial charge in [0.1, 0.15) is 0 Å². The Morgan fingerprint density at radius 3 is 2.83 bits per heavy atom. The third-order valence-electron chi connectivity index (χ3n) is 2.27. The van der Waals surface area contributed by atoms with Gasteiger partial charge >= 0.3 is 5.97 Å². The van der Waals surface area contributed by atoms with Crippen LogP contribution in [0.4, 0.5) is 5.95 Å². The first-order valence-corrected chi connectivity index (χ1v) is 5.58. The van der Waals surface area contributed by atoms with Crippen LogP contribution in [0, 0.1) is 0 Å². The molecule has 0 saturated carbocycles. The molecule has 0 radical (unpaired) electrons. The lowest BCUT2D eigenvalue weighted by Crippen LogP contribution is -2.07. The number of benzene rings is 1. The van der Waals surface area contributed by atoms with E-state index in [1.807, 2.05) is 18.2 Å².